The fourth-order valence-electron chi connectivity index (χ4n) is 1.66. The van der Waals surface area contributed by atoms with E-state index in [1.165, 1.54) is 12.1 Å². The lowest BCUT2D eigenvalue weighted by atomic mass is 10.1. The number of hydrogen-bond acceptors (Lipinski definition) is 4. The number of rotatable bonds is 4. The van der Waals surface area contributed by atoms with Crippen molar-refractivity contribution in [2.24, 2.45) is 0 Å². The van der Waals surface area contributed by atoms with E-state index >= 15 is 0 Å². The van der Waals surface area contributed by atoms with E-state index in [1.54, 1.807) is 18.2 Å². The van der Waals surface area contributed by atoms with E-state index < -0.39 is 10.9 Å². The molecule has 21 heavy (non-hydrogen) atoms. The van der Waals surface area contributed by atoms with Crippen molar-refractivity contribution in [3.05, 3.63) is 61.6 Å². The molecule has 2 N–H and O–H groups in total. The molecule has 108 valence electrons. The minimum absolute atomic E-state index is 0.0497. The molecule has 2 aromatic rings. The van der Waals surface area contributed by atoms with Crippen LogP contribution in [0, 0.1) is 10.1 Å². The summed E-state index contributed by atoms with van der Waals surface area (Å²) >= 11 is 9.19. The predicted molar refractivity (Wildman–Crippen MR) is 82.5 cm³/mol. The molecule has 0 saturated carbocycles. The van der Waals surface area contributed by atoms with Crippen molar-refractivity contribution in [1.29, 1.82) is 0 Å². The van der Waals surface area contributed by atoms with Crippen LogP contribution in [0.15, 0.2) is 40.9 Å². The van der Waals surface area contributed by atoms with Crippen molar-refractivity contribution >= 4 is 50.6 Å². The van der Waals surface area contributed by atoms with E-state index in [0.29, 0.717) is 15.2 Å². The number of anilines is 2. The van der Waals surface area contributed by atoms with E-state index in [9.17, 15) is 14.9 Å². The van der Waals surface area contributed by atoms with E-state index in [-0.39, 0.29) is 16.9 Å². The summed E-state index contributed by atoms with van der Waals surface area (Å²) in [5, 5.41) is 23.2. The second-order valence-corrected chi connectivity index (χ2v) is 5.31. The van der Waals surface area contributed by atoms with Gasteiger partial charge in [0.05, 0.1) is 15.5 Å². The zero-order valence-electron chi connectivity index (χ0n) is 10.3. The number of hydrogen-bond donors (Lipinski definition) is 2. The molecule has 2 aromatic carbocycles. The molecule has 2 rings (SSSR count). The van der Waals surface area contributed by atoms with Crippen LogP contribution in [-0.2, 0) is 0 Å². The van der Waals surface area contributed by atoms with Gasteiger partial charge in [-0.3, -0.25) is 10.1 Å². The molecule has 0 bridgehead atoms. The highest BCUT2D eigenvalue weighted by atomic mass is 79.9. The lowest BCUT2D eigenvalue weighted by Crippen LogP contribution is -2.01. The molecule has 0 unspecified atom stereocenters. The maximum absolute atomic E-state index is 11.0. The van der Waals surface area contributed by atoms with E-state index in [0.717, 1.165) is 6.07 Å². The number of halogens is 2. The second kappa shape index (κ2) is 6.11. The SMILES string of the molecule is O=C(O)c1ccc([N+](=O)[O-])c(Nc2ccc(Br)c(Cl)c2)c1. The first-order valence-corrected chi connectivity index (χ1v) is 6.79. The Morgan fingerprint density at radius 1 is 1.29 bits per heavy atom. The van der Waals surface area contributed by atoms with Crippen LogP contribution in [0.3, 0.4) is 0 Å². The Morgan fingerprint density at radius 3 is 2.57 bits per heavy atom. The Labute approximate surface area is 132 Å². The zero-order valence-corrected chi connectivity index (χ0v) is 12.7. The number of benzene rings is 2. The largest absolute Gasteiger partial charge is 0.478 e. The summed E-state index contributed by atoms with van der Waals surface area (Å²) in [5.41, 5.74) is 0.317. The van der Waals surface area contributed by atoms with Gasteiger partial charge in [0.25, 0.3) is 5.69 Å². The van der Waals surface area contributed by atoms with Gasteiger partial charge in [0, 0.05) is 16.2 Å². The van der Waals surface area contributed by atoms with Gasteiger partial charge in [-0.1, -0.05) is 11.6 Å². The molecule has 8 heteroatoms. The number of nitro benzene ring substituents is 1. The van der Waals surface area contributed by atoms with Crippen LogP contribution >= 0.6 is 27.5 Å². The summed E-state index contributed by atoms with van der Waals surface area (Å²) in [6.07, 6.45) is 0. The highest BCUT2D eigenvalue weighted by molar-refractivity contribution is 9.10. The van der Waals surface area contributed by atoms with Crippen molar-refractivity contribution < 1.29 is 14.8 Å². The number of carbonyl (C=O) groups is 1. The van der Waals surface area contributed by atoms with Gasteiger partial charge in [0.15, 0.2) is 0 Å². The molecule has 6 nitrogen and oxygen atoms in total. The van der Waals surface area contributed by atoms with E-state index in [4.69, 9.17) is 16.7 Å². The molecular weight excluding hydrogens is 364 g/mol. The molecule has 0 atom stereocenters. The minimum atomic E-state index is -1.17. The van der Waals surface area contributed by atoms with E-state index in [1.807, 2.05) is 0 Å². The number of nitrogens with one attached hydrogen (secondary N) is 1. The van der Waals surface area contributed by atoms with Gasteiger partial charge in [-0.2, -0.15) is 0 Å². The Morgan fingerprint density at radius 2 is 2.00 bits per heavy atom. The zero-order chi connectivity index (χ0) is 15.6. The molecule has 0 aliphatic rings. The number of nitrogens with zero attached hydrogens (tertiary/aromatic N) is 1. The topological polar surface area (TPSA) is 92.5 Å². The molecule has 0 spiro atoms. The first kappa shape index (κ1) is 15.3. The molecule has 0 saturated heterocycles. The Balaban J connectivity index is 2.45. The highest BCUT2D eigenvalue weighted by Crippen LogP contribution is 2.31. The Bertz CT molecular complexity index is 736. The molecule has 0 heterocycles. The highest BCUT2D eigenvalue weighted by Gasteiger charge is 2.17. The summed E-state index contributed by atoms with van der Waals surface area (Å²) in [7, 11) is 0. The normalized spacial score (nSPS) is 10.2. The van der Waals surface area contributed by atoms with Crippen LogP contribution in [0.4, 0.5) is 17.1 Å². The molecule has 0 aromatic heterocycles. The predicted octanol–water partition coefficient (Wildman–Crippen LogP) is 4.45. The second-order valence-electron chi connectivity index (χ2n) is 4.05. The first-order chi connectivity index (χ1) is 9.88. The van der Waals surface area contributed by atoms with Gasteiger partial charge in [-0.05, 0) is 46.3 Å². The molecule has 0 radical (unpaired) electrons. The summed E-state index contributed by atoms with van der Waals surface area (Å²) in [6, 6.07) is 8.44. The van der Waals surface area contributed by atoms with Crippen LogP contribution in [0.1, 0.15) is 10.4 Å². The van der Waals surface area contributed by atoms with Crippen molar-refractivity contribution in [3.8, 4) is 0 Å². The number of carboxylic acid groups (broad SMARTS) is 1. The fraction of sp³-hybridized carbons (Fsp3) is 0. The van der Waals surface area contributed by atoms with Crippen molar-refractivity contribution in [1.82, 2.24) is 0 Å². The van der Waals surface area contributed by atoms with Crippen molar-refractivity contribution in [2.75, 3.05) is 5.32 Å². The summed E-state index contributed by atoms with van der Waals surface area (Å²) in [6.45, 7) is 0. The summed E-state index contributed by atoms with van der Waals surface area (Å²) in [5.74, 6) is -1.17. The molecule has 0 aliphatic carbocycles. The van der Waals surface area contributed by atoms with Crippen LogP contribution in [0.5, 0.6) is 0 Å². The number of aromatic carboxylic acids is 1. The first-order valence-electron chi connectivity index (χ1n) is 5.62. The molecule has 0 amide bonds. The average Bonchev–Trinajstić information content (AvgIpc) is 2.42. The standard InChI is InChI=1S/C13H8BrClN2O4/c14-9-3-2-8(6-10(9)15)16-11-5-7(13(18)19)1-4-12(11)17(20)21/h1-6,16H,(H,18,19). The quantitative estimate of drug-likeness (QED) is 0.612. The van der Waals surface area contributed by atoms with Gasteiger partial charge in [-0.15, -0.1) is 0 Å². The van der Waals surface area contributed by atoms with Crippen LogP contribution in [0.2, 0.25) is 5.02 Å². The van der Waals surface area contributed by atoms with Crippen LogP contribution in [0.25, 0.3) is 0 Å². The minimum Gasteiger partial charge on any atom is -0.478 e. The summed E-state index contributed by atoms with van der Waals surface area (Å²) in [4.78, 5) is 21.4. The maximum Gasteiger partial charge on any atom is 0.335 e. The maximum atomic E-state index is 11.0. The fourth-order valence-corrected chi connectivity index (χ4v) is 2.08. The van der Waals surface area contributed by atoms with Crippen molar-refractivity contribution in [3.63, 3.8) is 0 Å². The number of carboxylic acids is 1. The smallest absolute Gasteiger partial charge is 0.335 e. The molecule has 0 fully saturated rings. The van der Waals surface area contributed by atoms with Crippen molar-refractivity contribution in [2.45, 2.75) is 0 Å². The van der Waals surface area contributed by atoms with Gasteiger partial charge in [-0.25, -0.2) is 4.79 Å². The van der Waals surface area contributed by atoms with Gasteiger partial charge in [0.1, 0.15) is 5.69 Å². The summed E-state index contributed by atoms with van der Waals surface area (Å²) < 4.78 is 0.684. The van der Waals surface area contributed by atoms with Gasteiger partial charge >= 0.3 is 5.97 Å². The Hall–Kier alpha value is -2.12. The van der Waals surface area contributed by atoms with Gasteiger partial charge < -0.3 is 10.4 Å². The third-order valence-electron chi connectivity index (χ3n) is 2.64. The molecule has 0 aliphatic heterocycles. The van der Waals surface area contributed by atoms with Crippen LogP contribution in [-0.4, -0.2) is 16.0 Å². The monoisotopic (exact) mass is 370 g/mol. The van der Waals surface area contributed by atoms with E-state index in [2.05, 4.69) is 21.2 Å². The van der Waals surface area contributed by atoms with Crippen LogP contribution < -0.4 is 5.32 Å². The lowest BCUT2D eigenvalue weighted by Gasteiger charge is -2.09. The number of nitro groups is 1. The molecular formula is C13H8BrClN2O4. The average molecular weight is 372 g/mol. The third-order valence-corrected chi connectivity index (χ3v) is 3.87. The van der Waals surface area contributed by atoms with Gasteiger partial charge in [0.2, 0.25) is 0 Å². The Kier molecular flexibility index (Phi) is 4.44. The third kappa shape index (κ3) is 3.50. The lowest BCUT2D eigenvalue weighted by molar-refractivity contribution is -0.383.